The van der Waals surface area contributed by atoms with Crippen molar-refractivity contribution in [2.75, 3.05) is 19.5 Å². The van der Waals surface area contributed by atoms with Gasteiger partial charge in [-0.3, -0.25) is 4.79 Å². The van der Waals surface area contributed by atoms with Crippen molar-refractivity contribution < 1.29 is 23.9 Å². The van der Waals surface area contributed by atoms with Crippen LogP contribution in [0.1, 0.15) is 47.4 Å². The smallest absolute Gasteiger partial charge is 0.337 e. The first kappa shape index (κ1) is 21.9. The van der Waals surface area contributed by atoms with Crippen molar-refractivity contribution in [2.24, 2.45) is 5.73 Å². The van der Waals surface area contributed by atoms with Crippen LogP contribution in [-0.2, 0) is 14.3 Å². The molecule has 0 radical (unpaired) electrons. The van der Waals surface area contributed by atoms with Gasteiger partial charge in [-0.15, -0.1) is 12.4 Å². The summed E-state index contributed by atoms with van der Waals surface area (Å²) < 4.78 is 9.28. The Bertz CT molecular complexity index is 582. The van der Waals surface area contributed by atoms with Crippen molar-refractivity contribution in [3.8, 4) is 0 Å². The van der Waals surface area contributed by atoms with E-state index in [1.807, 2.05) is 6.92 Å². The minimum atomic E-state index is -1.05. The molecule has 0 aliphatic carbocycles. The van der Waals surface area contributed by atoms with Crippen LogP contribution in [0.3, 0.4) is 0 Å². The number of nitrogens with one attached hydrogen (secondary N) is 1. The topological polar surface area (TPSA) is 108 Å². The van der Waals surface area contributed by atoms with Gasteiger partial charge in [0.15, 0.2) is 0 Å². The number of methoxy groups -OCH3 is 2. The van der Waals surface area contributed by atoms with Crippen molar-refractivity contribution in [1.29, 1.82) is 0 Å². The first-order valence-corrected chi connectivity index (χ1v) is 7.17. The molecule has 0 aromatic heterocycles. The van der Waals surface area contributed by atoms with E-state index in [0.717, 1.165) is 6.42 Å². The molecule has 1 rings (SSSR count). The molecule has 0 aliphatic heterocycles. The van der Waals surface area contributed by atoms with Crippen molar-refractivity contribution in [3.05, 3.63) is 29.3 Å². The highest BCUT2D eigenvalue weighted by molar-refractivity contribution is 6.01. The van der Waals surface area contributed by atoms with E-state index in [0.29, 0.717) is 6.42 Å². The Hall–Kier alpha value is -2.12. The molecule has 8 heteroatoms. The zero-order valence-corrected chi connectivity index (χ0v) is 15.0. The first-order chi connectivity index (χ1) is 10.7. The van der Waals surface area contributed by atoms with Gasteiger partial charge in [-0.1, -0.05) is 13.3 Å². The monoisotopic (exact) mass is 358 g/mol. The number of anilines is 1. The molecule has 1 atom stereocenters. The van der Waals surface area contributed by atoms with Gasteiger partial charge in [0.05, 0.1) is 30.9 Å². The maximum Gasteiger partial charge on any atom is 0.337 e. The fourth-order valence-electron chi connectivity index (χ4n) is 2.08. The van der Waals surface area contributed by atoms with Crippen molar-refractivity contribution in [2.45, 2.75) is 32.2 Å². The number of halogens is 1. The average molecular weight is 359 g/mol. The summed E-state index contributed by atoms with van der Waals surface area (Å²) in [4.78, 5) is 35.7. The molecule has 3 N–H and O–H groups in total. The predicted molar refractivity (Wildman–Crippen MR) is 92.5 cm³/mol. The second-order valence-corrected chi connectivity index (χ2v) is 5.40. The third kappa shape index (κ3) is 5.50. The van der Waals surface area contributed by atoms with E-state index in [-0.39, 0.29) is 29.2 Å². The van der Waals surface area contributed by atoms with E-state index in [1.54, 1.807) is 6.92 Å². The maximum atomic E-state index is 12.3. The van der Waals surface area contributed by atoms with Gasteiger partial charge < -0.3 is 20.5 Å². The van der Waals surface area contributed by atoms with Gasteiger partial charge in [-0.25, -0.2) is 9.59 Å². The normalized spacial score (nSPS) is 12.4. The van der Waals surface area contributed by atoms with Crippen LogP contribution in [0.5, 0.6) is 0 Å². The molecule has 1 aromatic carbocycles. The fourth-order valence-corrected chi connectivity index (χ4v) is 2.08. The van der Waals surface area contributed by atoms with Crippen LogP contribution in [0.25, 0.3) is 0 Å². The molecule has 7 nitrogen and oxygen atoms in total. The lowest BCUT2D eigenvalue weighted by atomic mass is 9.96. The Morgan fingerprint density at radius 2 is 1.54 bits per heavy atom. The average Bonchev–Trinajstić information content (AvgIpc) is 2.52. The zero-order valence-electron chi connectivity index (χ0n) is 14.2. The highest BCUT2D eigenvalue weighted by atomic mass is 35.5. The van der Waals surface area contributed by atoms with Crippen LogP contribution in [0, 0.1) is 0 Å². The van der Waals surface area contributed by atoms with Gasteiger partial charge in [-0.2, -0.15) is 0 Å². The number of carbonyl (C=O) groups is 3. The van der Waals surface area contributed by atoms with Gasteiger partial charge in [-0.05, 0) is 31.5 Å². The Kier molecular flexibility index (Phi) is 8.43. The number of esters is 2. The quantitative estimate of drug-likeness (QED) is 0.754. The van der Waals surface area contributed by atoms with Crippen molar-refractivity contribution >= 4 is 35.9 Å². The lowest BCUT2D eigenvalue weighted by molar-refractivity contribution is -0.120. The lowest BCUT2D eigenvalue weighted by Gasteiger charge is -2.23. The summed E-state index contributed by atoms with van der Waals surface area (Å²) in [5, 5.41) is 2.63. The molecule has 24 heavy (non-hydrogen) atoms. The summed E-state index contributed by atoms with van der Waals surface area (Å²) in [6.45, 7) is 3.54. The summed E-state index contributed by atoms with van der Waals surface area (Å²) >= 11 is 0. The number of hydrogen-bond acceptors (Lipinski definition) is 6. The van der Waals surface area contributed by atoms with Crippen molar-refractivity contribution in [3.63, 3.8) is 0 Å². The molecule has 0 saturated heterocycles. The van der Waals surface area contributed by atoms with E-state index in [2.05, 4.69) is 14.8 Å². The molecule has 1 amide bonds. The summed E-state index contributed by atoms with van der Waals surface area (Å²) in [5.74, 6) is -1.66. The van der Waals surface area contributed by atoms with Crippen LogP contribution in [0.4, 0.5) is 5.69 Å². The molecule has 134 valence electrons. The summed E-state index contributed by atoms with van der Waals surface area (Å²) in [5.41, 5.74) is 5.44. The standard InChI is InChI=1S/C16H22N2O5.ClH/c1-5-6-16(2,17)15(21)18-12-8-10(13(19)22-3)7-11(9-12)14(20)23-4;/h7-9H,5-6,17H2,1-4H3,(H,18,21);1H. The van der Waals surface area contributed by atoms with E-state index in [4.69, 9.17) is 5.73 Å². The van der Waals surface area contributed by atoms with E-state index < -0.39 is 23.4 Å². The molecule has 0 bridgehead atoms. The Morgan fingerprint density at radius 3 is 1.92 bits per heavy atom. The van der Waals surface area contributed by atoms with E-state index in [1.165, 1.54) is 32.4 Å². The molecule has 0 fully saturated rings. The summed E-state index contributed by atoms with van der Waals surface area (Å²) in [6, 6.07) is 4.16. The molecule has 1 unspecified atom stereocenters. The number of carbonyl (C=O) groups excluding carboxylic acids is 3. The fraction of sp³-hybridized carbons (Fsp3) is 0.438. The largest absolute Gasteiger partial charge is 0.465 e. The molecule has 1 aromatic rings. The zero-order chi connectivity index (χ0) is 17.6. The van der Waals surface area contributed by atoms with E-state index in [9.17, 15) is 14.4 Å². The Balaban J connectivity index is 0.00000529. The highest BCUT2D eigenvalue weighted by Crippen LogP contribution is 2.19. The number of nitrogens with two attached hydrogens (primary N) is 1. The molecule has 0 aliphatic rings. The highest BCUT2D eigenvalue weighted by Gasteiger charge is 2.27. The molecule has 0 spiro atoms. The van der Waals surface area contributed by atoms with Crippen LogP contribution >= 0.6 is 12.4 Å². The van der Waals surface area contributed by atoms with Gasteiger partial charge in [0.1, 0.15) is 0 Å². The molecule has 0 saturated carbocycles. The van der Waals surface area contributed by atoms with E-state index >= 15 is 0 Å². The second-order valence-electron chi connectivity index (χ2n) is 5.40. The molecular weight excluding hydrogens is 336 g/mol. The summed E-state index contributed by atoms with van der Waals surface area (Å²) in [7, 11) is 2.45. The second kappa shape index (κ2) is 9.24. The van der Waals surface area contributed by atoms with Gasteiger partial charge in [0.25, 0.3) is 0 Å². The van der Waals surface area contributed by atoms with Crippen molar-refractivity contribution in [1.82, 2.24) is 0 Å². The number of ether oxygens (including phenoxy) is 2. The third-order valence-corrected chi connectivity index (χ3v) is 3.32. The summed E-state index contributed by atoms with van der Waals surface area (Å²) in [6.07, 6.45) is 1.25. The first-order valence-electron chi connectivity index (χ1n) is 7.17. The number of hydrogen-bond donors (Lipinski definition) is 2. The van der Waals surface area contributed by atoms with Crippen LogP contribution in [0.2, 0.25) is 0 Å². The van der Waals surface area contributed by atoms with Crippen LogP contribution < -0.4 is 11.1 Å². The lowest BCUT2D eigenvalue weighted by Crippen LogP contribution is -2.48. The molecular formula is C16H23ClN2O5. The molecule has 0 heterocycles. The van der Waals surface area contributed by atoms with Gasteiger partial charge >= 0.3 is 11.9 Å². The number of benzene rings is 1. The van der Waals surface area contributed by atoms with Gasteiger partial charge in [0, 0.05) is 5.69 Å². The minimum absolute atomic E-state index is 0. The SMILES string of the molecule is CCCC(C)(N)C(=O)Nc1cc(C(=O)OC)cc(C(=O)OC)c1.Cl. The maximum absolute atomic E-state index is 12.3. The van der Waals surface area contributed by atoms with Crippen LogP contribution in [0.15, 0.2) is 18.2 Å². The Labute approximate surface area is 147 Å². The Morgan fingerprint density at radius 1 is 1.08 bits per heavy atom. The third-order valence-electron chi connectivity index (χ3n) is 3.32. The minimum Gasteiger partial charge on any atom is -0.465 e. The number of rotatable bonds is 6. The predicted octanol–water partition coefficient (Wildman–Crippen LogP) is 2.14. The van der Waals surface area contributed by atoms with Gasteiger partial charge in [0.2, 0.25) is 5.91 Å². The van der Waals surface area contributed by atoms with Crippen LogP contribution in [-0.4, -0.2) is 37.6 Å². The number of amides is 1.